The fourth-order valence-electron chi connectivity index (χ4n) is 2.94. The van der Waals surface area contributed by atoms with Gasteiger partial charge in [-0.25, -0.2) is 8.78 Å². The zero-order chi connectivity index (χ0) is 17.1. The van der Waals surface area contributed by atoms with Crippen LogP contribution in [0.5, 0.6) is 0 Å². The van der Waals surface area contributed by atoms with E-state index in [2.05, 4.69) is 15.4 Å². The third-order valence-corrected chi connectivity index (χ3v) is 4.15. The van der Waals surface area contributed by atoms with Crippen LogP contribution in [0.15, 0.2) is 28.8 Å². The number of nitrogens with one attached hydrogen (secondary N) is 1. The first-order valence-electron chi connectivity index (χ1n) is 7.89. The van der Waals surface area contributed by atoms with Crippen molar-refractivity contribution < 1.29 is 18.1 Å². The molecule has 3 rings (SSSR count). The minimum absolute atomic E-state index is 0.136. The van der Waals surface area contributed by atoms with Gasteiger partial charge in [-0.15, -0.1) is 0 Å². The molecule has 128 valence electrons. The molecule has 2 aromatic rings. The van der Waals surface area contributed by atoms with Gasteiger partial charge in [-0.1, -0.05) is 5.16 Å². The molecule has 1 fully saturated rings. The molecular formula is C17H19F2N3O2. The number of rotatable bonds is 5. The summed E-state index contributed by atoms with van der Waals surface area (Å²) in [4.78, 5) is 14.2. The van der Waals surface area contributed by atoms with Crippen molar-refractivity contribution in [2.45, 2.75) is 19.9 Å². The smallest absolute Gasteiger partial charge is 0.254 e. The lowest BCUT2D eigenvalue weighted by atomic mass is 10.1. The fraction of sp³-hybridized carbons (Fsp3) is 0.412. The normalized spacial score (nSPS) is 18.0. The average Bonchev–Trinajstić information content (AvgIpc) is 3.14. The number of carbonyl (C=O) groups is 1. The molecular weight excluding hydrogens is 316 g/mol. The summed E-state index contributed by atoms with van der Waals surface area (Å²) in [7, 11) is 0. The number of benzene rings is 1. The molecule has 1 atom stereocenters. The Balaban J connectivity index is 1.48. The summed E-state index contributed by atoms with van der Waals surface area (Å²) in [6.07, 6.45) is 0.944. The van der Waals surface area contributed by atoms with E-state index >= 15 is 0 Å². The summed E-state index contributed by atoms with van der Waals surface area (Å²) in [6, 6.07) is 4.86. The first-order valence-corrected chi connectivity index (χ1v) is 7.89. The molecule has 0 radical (unpaired) electrons. The highest BCUT2D eigenvalue weighted by Gasteiger charge is 2.24. The fourth-order valence-corrected chi connectivity index (χ4v) is 2.94. The van der Waals surface area contributed by atoms with E-state index in [-0.39, 0.29) is 5.56 Å². The number of halogens is 2. The van der Waals surface area contributed by atoms with Crippen molar-refractivity contribution in [3.05, 3.63) is 52.9 Å². The number of hydrogen-bond acceptors (Lipinski definition) is 4. The molecule has 7 heteroatoms. The second-order valence-electron chi connectivity index (χ2n) is 6.16. The van der Waals surface area contributed by atoms with Gasteiger partial charge in [0.1, 0.15) is 11.6 Å². The van der Waals surface area contributed by atoms with Crippen molar-refractivity contribution in [3.8, 4) is 0 Å². The lowest BCUT2D eigenvalue weighted by molar-refractivity contribution is 0.0943. The Morgan fingerprint density at radius 3 is 2.96 bits per heavy atom. The van der Waals surface area contributed by atoms with Gasteiger partial charge in [0.25, 0.3) is 5.91 Å². The zero-order valence-corrected chi connectivity index (χ0v) is 13.4. The second-order valence-corrected chi connectivity index (χ2v) is 6.16. The Kier molecular flexibility index (Phi) is 4.89. The first kappa shape index (κ1) is 16.6. The Morgan fingerprint density at radius 2 is 2.25 bits per heavy atom. The van der Waals surface area contributed by atoms with Crippen molar-refractivity contribution in [2.75, 3.05) is 19.6 Å². The van der Waals surface area contributed by atoms with Crippen molar-refractivity contribution in [1.82, 2.24) is 15.4 Å². The van der Waals surface area contributed by atoms with Crippen LogP contribution in [-0.4, -0.2) is 35.6 Å². The number of likely N-dealkylation sites (tertiary alicyclic amines) is 1. The van der Waals surface area contributed by atoms with Crippen molar-refractivity contribution >= 4 is 5.91 Å². The lowest BCUT2D eigenvalue weighted by Gasteiger charge is -2.14. The van der Waals surface area contributed by atoms with Crippen molar-refractivity contribution in [2.24, 2.45) is 5.92 Å². The molecule has 5 nitrogen and oxygen atoms in total. The number of aryl methyl sites for hydroxylation is 1. The van der Waals surface area contributed by atoms with Crippen LogP contribution in [0, 0.1) is 24.5 Å². The summed E-state index contributed by atoms with van der Waals surface area (Å²) < 4.78 is 31.7. The van der Waals surface area contributed by atoms with Crippen LogP contribution in [0.4, 0.5) is 8.78 Å². The van der Waals surface area contributed by atoms with Crippen LogP contribution < -0.4 is 5.32 Å². The molecule has 1 N–H and O–H groups in total. The molecule has 0 unspecified atom stereocenters. The molecule has 1 aromatic carbocycles. The highest BCUT2D eigenvalue weighted by atomic mass is 19.1. The summed E-state index contributed by atoms with van der Waals surface area (Å²) in [6.45, 7) is 4.76. The average molecular weight is 335 g/mol. The number of carbonyl (C=O) groups excluding carboxylic acids is 1. The van der Waals surface area contributed by atoms with E-state index in [1.807, 2.05) is 13.0 Å². The molecule has 0 aliphatic carbocycles. The molecule has 1 aliphatic rings. The molecule has 0 spiro atoms. The minimum Gasteiger partial charge on any atom is -0.360 e. The van der Waals surface area contributed by atoms with Gasteiger partial charge in [-0.3, -0.25) is 9.69 Å². The van der Waals surface area contributed by atoms with Crippen molar-refractivity contribution in [3.63, 3.8) is 0 Å². The highest BCUT2D eigenvalue weighted by molar-refractivity contribution is 5.94. The van der Waals surface area contributed by atoms with E-state index in [4.69, 9.17) is 4.52 Å². The standard InChI is InChI=1S/C17H19F2N3O2/c1-11-6-14(24-21-11)10-22-5-4-12(9-22)8-20-17(23)15-3-2-13(18)7-16(15)19/h2-3,6-7,12H,4-5,8-10H2,1H3,(H,20,23)/t12-/m0/s1. The predicted octanol–water partition coefficient (Wildman–Crippen LogP) is 2.51. The first-order chi connectivity index (χ1) is 11.5. The summed E-state index contributed by atoms with van der Waals surface area (Å²) >= 11 is 0. The lowest BCUT2D eigenvalue weighted by Crippen LogP contribution is -2.31. The van der Waals surface area contributed by atoms with Crippen LogP contribution in [-0.2, 0) is 6.54 Å². The van der Waals surface area contributed by atoms with E-state index < -0.39 is 17.5 Å². The van der Waals surface area contributed by atoms with Gasteiger partial charge in [0.2, 0.25) is 0 Å². The minimum atomic E-state index is -0.846. The van der Waals surface area contributed by atoms with E-state index in [1.165, 1.54) is 0 Å². The Hall–Kier alpha value is -2.28. The van der Waals surface area contributed by atoms with Crippen molar-refractivity contribution in [1.29, 1.82) is 0 Å². The molecule has 1 saturated heterocycles. The SMILES string of the molecule is Cc1cc(CN2CC[C@@H](CNC(=O)c3ccc(F)cc3F)C2)on1. The molecule has 1 amide bonds. The van der Waals surface area contributed by atoms with Crippen LogP contribution in [0.2, 0.25) is 0 Å². The highest BCUT2D eigenvalue weighted by Crippen LogP contribution is 2.19. The molecule has 1 aliphatic heterocycles. The topological polar surface area (TPSA) is 58.4 Å². The van der Waals surface area contributed by atoms with Gasteiger partial charge < -0.3 is 9.84 Å². The maximum Gasteiger partial charge on any atom is 0.254 e. The molecule has 0 saturated carbocycles. The van der Waals surface area contributed by atoms with Gasteiger partial charge in [0.05, 0.1) is 17.8 Å². The summed E-state index contributed by atoms with van der Waals surface area (Å²) in [5.41, 5.74) is 0.720. The zero-order valence-electron chi connectivity index (χ0n) is 13.4. The largest absolute Gasteiger partial charge is 0.360 e. The van der Waals surface area contributed by atoms with Crippen LogP contribution in [0.3, 0.4) is 0 Å². The van der Waals surface area contributed by atoms with Gasteiger partial charge in [-0.2, -0.15) is 0 Å². The number of amides is 1. The van der Waals surface area contributed by atoms with Gasteiger partial charge in [0, 0.05) is 25.2 Å². The van der Waals surface area contributed by atoms with Gasteiger partial charge in [-0.05, 0) is 37.9 Å². The number of hydrogen-bond donors (Lipinski definition) is 1. The predicted molar refractivity (Wildman–Crippen MR) is 83.3 cm³/mol. The molecule has 2 heterocycles. The van der Waals surface area contributed by atoms with Crippen LogP contribution in [0.25, 0.3) is 0 Å². The second kappa shape index (κ2) is 7.09. The summed E-state index contributed by atoms with van der Waals surface area (Å²) in [5, 5.41) is 6.59. The third kappa shape index (κ3) is 3.97. The van der Waals surface area contributed by atoms with Crippen LogP contribution in [0.1, 0.15) is 28.2 Å². The Bertz CT molecular complexity index is 732. The Morgan fingerprint density at radius 1 is 1.42 bits per heavy atom. The molecule has 24 heavy (non-hydrogen) atoms. The van der Waals surface area contributed by atoms with E-state index in [1.54, 1.807) is 0 Å². The number of aromatic nitrogens is 1. The van der Waals surface area contributed by atoms with E-state index in [0.29, 0.717) is 25.1 Å². The van der Waals surface area contributed by atoms with Crippen LogP contribution >= 0.6 is 0 Å². The third-order valence-electron chi connectivity index (χ3n) is 4.15. The maximum absolute atomic E-state index is 13.6. The van der Waals surface area contributed by atoms with E-state index in [0.717, 1.165) is 43.1 Å². The quantitative estimate of drug-likeness (QED) is 0.912. The molecule has 0 bridgehead atoms. The Labute approximate surface area is 138 Å². The number of nitrogens with zero attached hydrogens (tertiary/aromatic N) is 2. The van der Waals surface area contributed by atoms with Gasteiger partial charge >= 0.3 is 0 Å². The van der Waals surface area contributed by atoms with Gasteiger partial charge in [0.15, 0.2) is 5.76 Å². The van der Waals surface area contributed by atoms with E-state index in [9.17, 15) is 13.6 Å². The summed E-state index contributed by atoms with van der Waals surface area (Å²) in [5.74, 6) is -0.941. The maximum atomic E-state index is 13.6. The monoisotopic (exact) mass is 335 g/mol. The molecule has 1 aromatic heterocycles.